The van der Waals surface area contributed by atoms with Crippen LogP contribution in [0.2, 0.25) is 0 Å². The Morgan fingerprint density at radius 1 is 1.04 bits per heavy atom. The third-order valence-electron chi connectivity index (χ3n) is 3.50. The third-order valence-corrected chi connectivity index (χ3v) is 4.51. The molecule has 1 amide bonds. The van der Waals surface area contributed by atoms with E-state index in [0.717, 1.165) is 23.4 Å². The minimum absolute atomic E-state index is 0.0556. The third kappa shape index (κ3) is 6.44. The molecule has 0 unspecified atom stereocenters. The van der Waals surface area contributed by atoms with Gasteiger partial charge < -0.3 is 14.8 Å². The van der Waals surface area contributed by atoms with Crippen molar-refractivity contribution in [2.24, 2.45) is 0 Å². The second-order valence-corrected chi connectivity index (χ2v) is 6.59. The maximum absolute atomic E-state index is 12.0. The van der Waals surface area contributed by atoms with Crippen molar-refractivity contribution >= 4 is 29.3 Å². The zero-order valence-electron chi connectivity index (χ0n) is 15.0. The number of ether oxygens (including phenoxy) is 2. The van der Waals surface area contributed by atoms with Crippen LogP contribution in [-0.4, -0.2) is 31.3 Å². The largest absolute Gasteiger partial charge is 0.497 e. The van der Waals surface area contributed by atoms with Gasteiger partial charge in [0.2, 0.25) is 5.91 Å². The van der Waals surface area contributed by atoms with Crippen molar-refractivity contribution in [3.63, 3.8) is 0 Å². The van der Waals surface area contributed by atoms with Crippen LogP contribution in [0.15, 0.2) is 48.5 Å². The molecule has 138 valence electrons. The van der Waals surface area contributed by atoms with Crippen LogP contribution in [0.4, 0.5) is 5.69 Å². The lowest BCUT2D eigenvalue weighted by atomic mass is 10.1. The molecule has 0 saturated carbocycles. The number of amides is 1. The van der Waals surface area contributed by atoms with Crippen LogP contribution in [0.1, 0.15) is 29.3 Å². The van der Waals surface area contributed by atoms with Crippen LogP contribution in [0, 0.1) is 0 Å². The lowest BCUT2D eigenvalue weighted by Gasteiger charge is -2.07. The second kappa shape index (κ2) is 10.5. The van der Waals surface area contributed by atoms with Gasteiger partial charge in [-0.1, -0.05) is 19.1 Å². The van der Waals surface area contributed by atoms with E-state index >= 15 is 0 Å². The number of hydrogen-bond donors (Lipinski definition) is 1. The van der Waals surface area contributed by atoms with Crippen molar-refractivity contribution < 1.29 is 19.1 Å². The van der Waals surface area contributed by atoms with Crippen molar-refractivity contribution in [2.45, 2.75) is 19.1 Å². The molecule has 0 aromatic heterocycles. The van der Waals surface area contributed by atoms with Gasteiger partial charge in [-0.15, -0.1) is 11.8 Å². The number of thioether (sulfide) groups is 1. The van der Waals surface area contributed by atoms with Gasteiger partial charge in [0.1, 0.15) is 5.75 Å². The number of hydrogen-bond acceptors (Lipinski definition) is 5. The number of esters is 1. The predicted octanol–water partition coefficient (Wildman–Crippen LogP) is 4.13. The molecule has 5 nitrogen and oxygen atoms in total. The van der Waals surface area contributed by atoms with Gasteiger partial charge in [0.25, 0.3) is 0 Å². The van der Waals surface area contributed by atoms with Crippen LogP contribution >= 0.6 is 11.8 Å². The molecule has 0 atom stereocenters. The van der Waals surface area contributed by atoms with Gasteiger partial charge in [0.15, 0.2) is 0 Å². The smallest absolute Gasteiger partial charge is 0.338 e. The number of nitrogens with one attached hydrogen (secondary N) is 1. The summed E-state index contributed by atoms with van der Waals surface area (Å²) >= 11 is 1.52. The summed E-state index contributed by atoms with van der Waals surface area (Å²) < 4.78 is 10.2. The highest BCUT2D eigenvalue weighted by molar-refractivity contribution is 7.99. The monoisotopic (exact) mass is 373 g/mol. The van der Waals surface area contributed by atoms with Crippen LogP contribution in [0.3, 0.4) is 0 Å². The summed E-state index contributed by atoms with van der Waals surface area (Å²) in [6, 6.07) is 14.5. The standard InChI is InChI=1S/C20H23NO4S/c1-3-12-25-20(23)16-6-4-15(5-7-16)13-26-14-19(22)21-17-8-10-18(24-2)11-9-17/h4-11H,3,12-14H2,1-2H3,(H,21,22). The van der Waals surface area contributed by atoms with E-state index in [1.165, 1.54) is 11.8 Å². The molecule has 2 rings (SSSR count). The zero-order chi connectivity index (χ0) is 18.8. The Hall–Kier alpha value is -2.47. The van der Waals surface area contributed by atoms with E-state index in [-0.39, 0.29) is 11.9 Å². The Bertz CT molecular complexity index is 714. The zero-order valence-corrected chi connectivity index (χ0v) is 15.8. The lowest BCUT2D eigenvalue weighted by Crippen LogP contribution is -2.14. The first-order valence-corrected chi connectivity index (χ1v) is 9.55. The van der Waals surface area contributed by atoms with E-state index < -0.39 is 0 Å². The first kappa shape index (κ1) is 19.8. The molecule has 0 radical (unpaired) electrons. The van der Waals surface area contributed by atoms with E-state index in [2.05, 4.69) is 5.32 Å². The molecule has 6 heteroatoms. The maximum Gasteiger partial charge on any atom is 0.338 e. The van der Waals surface area contributed by atoms with Crippen LogP contribution in [-0.2, 0) is 15.3 Å². The fourth-order valence-corrected chi connectivity index (χ4v) is 2.94. The Kier molecular flexibility index (Phi) is 8.02. The first-order valence-electron chi connectivity index (χ1n) is 8.40. The van der Waals surface area contributed by atoms with Gasteiger partial charge in [-0.3, -0.25) is 4.79 Å². The van der Waals surface area contributed by atoms with Crippen LogP contribution in [0.5, 0.6) is 5.75 Å². The molecule has 2 aromatic carbocycles. The van der Waals surface area contributed by atoms with Gasteiger partial charge in [-0.05, 0) is 48.4 Å². The Morgan fingerprint density at radius 3 is 2.35 bits per heavy atom. The van der Waals surface area contributed by atoms with E-state index in [0.29, 0.717) is 23.7 Å². The van der Waals surface area contributed by atoms with E-state index in [4.69, 9.17) is 9.47 Å². The van der Waals surface area contributed by atoms with Gasteiger partial charge in [0, 0.05) is 11.4 Å². The van der Waals surface area contributed by atoms with Crippen LogP contribution < -0.4 is 10.1 Å². The topological polar surface area (TPSA) is 64.6 Å². The summed E-state index contributed by atoms with van der Waals surface area (Å²) in [4.78, 5) is 23.7. The Morgan fingerprint density at radius 2 is 1.73 bits per heavy atom. The number of rotatable bonds is 9. The molecule has 0 spiro atoms. The average molecular weight is 373 g/mol. The van der Waals surface area contributed by atoms with Crippen molar-refractivity contribution in [3.8, 4) is 5.75 Å². The molecule has 0 bridgehead atoms. The van der Waals surface area contributed by atoms with E-state index in [1.54, 1.807) is 43.5 Å². The maximum atomic E-state index is 12.0. The average Bonchev–Trinajstić information content (AvgIpc) is 2.67. The number of methoxy groups -OCH3 is 1. The summed E-state index contributed by atoms with van der Waals surface area (Å²) in [6.45, 7) is 2.39. The Labute approximate surface area is 158 Å². The van der Waals surface area contributed by atoms with Crippen LogP contribution in [0.25, 0.3) is 0 Å². The van der Waals surface area contributed by atoms with Gasteiger partial charge in [-0.2, -0.15) is 0 Å². The number of carbonyl (C=O) groups excluding carboxylic acids is 2. The highest BCUT2D eigenvalue weighted by atomic mass is 32.2. The number of benzene rings is 2. The normalized spacial score (nSPS) is 10.2. The summed E-state index contributed by atoms with van der Waals surface area (Å²) in [5.74, 6) is 1.44. The molecule has 26 heavy (non-hydrogen) atoms. The minimum Gasteiger partial charge on any atom is -0.497 e. The number of carbonyl (C=O) groups is 2. The van der Waals surface area contributed by atoms with E-state index in [1.807, 2.05) is 19.1 Å². The molecule has 1 N–H and O–H groups in total. The highest BCUT2D eigenvalue weighted by Crippen LogP contribution is 2.17. The molecule has 0 fully saturated rings. The summed E-state index contributed by atoms with van der Waals surface area (Å²) in [6.07, 6.45) is 0.805. The van der Waals surface area contributed by atoms with Gasteiger partial charge in [0.05, 0.1) is 25.0 Å². The minimum atomic E-state index is -0.301. The Balaban J connectivity index is 1.74. The molecule has 0 heterocycles. The molecule has 0 aliphatic carbocycles. The fraction of sp³-hybridized carbons (Fsp3) is 0.300. The SMILES string of the molecule is CCCOC(=O)c1ccc(CSCC(=O)Nc2ccc(OC)cc2)cc1. The molecule has 0 saturated heterocycles. The lowest BCUT2D eigenvalue weighted by molar-refractivity contribution is -0.113. The second-order valence-electron chi connectivity index (χ2n) is 5.60. The van der Waals surface area contributed by atoms with Crippen molar-refractivity contribution in [1.82, 2.24) is 0 Å². The fourth-order valence-electron chi connectivity index (χ4n) is 2.15. The molecular weight excluding hydrogens is 350 g/mol. The van der Waals surface area contributed by atoms with Crippen molar-refractivity contribution in [2.75, 3.05) is 24.8 Å². The van der Waals surface area contributed by atoms with Gasteiger partial charge >= 0.3 is 5.97 Å². The molecule has 2 aromatic rings. The molecule has 0 aliphatic heterocycles. The summed E-state index contributed by atoms with van der Waals surface area (Å²) in [7, 11) is 1.60. The van der Waals surface area contributed by atoms with Crippen molar-refractivity contribution in [1.29, 1.82) is 0 Å². The van der Waals surface area contributed by atoms with Gasteiger partial charge in [-0.25, -0.2) is 4.79 Å². The van der Waals surface area contributed by atoms with E-state index in [9.17, 15) is 9.59 Å². The highest BCUT2D eigenvalue weighted by Gasteiger charge is 2.07. The summed E-state index contributed by atoms with van der Waals surface area (Å²) in [5, 5.41) is 2.85. The quantitative estimate of drug-likeness (QED) is 0.670. The van der Waals surface area contributed by atoms with Crippen molar-refractivity contribution in [3.05, 3.63) is 59.7 Å². The first-order chi connectivity index (χ1) is 12.6. The predicted molar refractivity (Wildman–Crippen MR) is 105 cm³/mol. The summed E-state index contributed by atoms with van der Waals surface area (Å²) in [5.41, 5.74) is 2.34. The number of anilines is 1. The molecule has 0 aliphatic rings. The molecular formula is C20H23NO4S.